The van der Waals surface area contributed by atoms with E-state index >= 15 is 0 Å². The fourth-order valence-corrected chi connectivity index (χ4v) is 4.24. The number of nitrogens with two attached hydrogens (primary N) is 1. The molecule has 1 aliphatic rings. The molecule has 1 aliphatic heterocycles. The lowest BCUT2D eigenvalue weighted by atomic mass is 9.91. The molecule has 10 heteroatoms. The Morgan fingerprint density at radius 1 is 1.23 bits per heavy atom. The first-order valence-electron chi connectivity index (χ1n) is 9.99. The average molecular weight is 440 g/mol. The zero-order valence-corrected chi connectivity index (χ0v) is 19.0. The number of urea groups is 1. The van der Waals surface area contributed by atoms with Gasteiger partial charge in [-0.1, -0.05) is 19.9 Å². The molecule has 1 aromatic carbocycles. The zero-order valence-electron chi connectivity index (χ0n) is 18.1. The monoisotopic (exact) mass is 439 g/mol. The maximum atomic E-state index is 12.5. The normalized spacial score (nSPS) is 15.9. The number of rotatable bonds is 7. The first-order valence-corrected chi connectivity index (χ1v) is 11.5. The van der Waals surface area contributed by atoms with Gasteiger partial charge in [0.25, 0.3) is 0 Å². The van der Waals surface area contributed by atoms with Crippen LogP contribution in [0.2, 0.25) is 0 Å². The molecule has 0 spiro atoms. The number of likely N-dealkylation sites (tertiary alicyclic amines) is 1. The smallest absolute Gasteiger partial charge is 0.321 e. The van der Waals surface area contributed by atoms with Crippen molar-refractivity contribution in [3.63, 3.8) is 0 Å². The summed E-state index contributed by atoms with van der Waals surface area (Å²) in [7, 11) is 0.181. The third-order valence-corrected chi connectivity index (χ3v) is 5.96. The van der Waals surface area contributed by atoms with Crippen molar-refractivity contribution in [1.82, 2.24) is 15.1 Å². The van der Waals surface area contributed by atoms with Gasteiger partial charge in [-0.05, 0) is 50.6 Å². The van der Waals surface area contributed by atoms with Crippen LogP contribution in [0.3, 0.4) is 0 Å². The molecule has 3 amide bonds. The summed E-state index contributed by atoms with van der Waals surface area (Å²) in [5.74, 6) is -0.0855. The van der Waals surface area contributed by atoms with E-state index in [1.807, 2.05) is 14.1 Å². The average Bonchev–Trinajstić information content (AvgIpc) is 2.65. The van der Waals surface area contributed by atoms with E-state index in [1.165, 1.54) is 18.2 Å². The number of nitrogens with zero attached hydrogens (tertiary/aromatic N) is 2. The van der Waals surface area contributed by atoms with Crippen LogP contribution >= 0.6 is 0 Å². The first-order chi connectivity index (χ1) is 13.9. The number of hydrogen-bond donors (Lipinski definition) is 3. The standard InChI is InChI=1S/C20H33N5O4S/c1-20(2,14-24(3)4)13-22-18(26)15-8-10-25(11-9-15)19(27)23-16-6-5-7-17(12-16)30(21,28)29/h5-7,12,15H,8-11,13-14H2,1-4H3,(H,22,26)(H,23,27)(H2,21,28,29). The van der Waals surface area contributed by atoms with Gasteiger partial charge in [0.1, 0.15) is 0 Å². The van der Waals surface area contributed by atoms with Crippen molar-refractivity contribution in [3.05, 3.63) is 24.3 Å². The van der Waals surface area contributed by atoms with Gasteiger partial charge >= 0.3 is 6.03 Å². The van der Waals surface area contributed by atoms with Crippen molar-refractivity contribution < 1.29 is 18.0 Å². The summed E-state index contributed by atoms with van der Waals surface area (Å²) in [5, 5.41) is 10.9. The highest BCUT2D eigenvalue weighted by Crippen LogP contribution is 2.21. The van der Waals surface area contributed by atoms with Gasteiger partial charge in [-0.25, -0.2) is 18.4 Å². The molecule has 0 unspecified atom stereocenters. The van der Waals surface area contributed by atoms with Gasteiger partial charge in [0, 0.05) is 37.8 Å². The lowest BCUT2D eigenvalue weighted by Crippen LogP contribution is -2.46. The highest BCUT2D eigenvalue weighted by molar-refractivity contribution is 7.89. The van der Waals surface area contributed by atoms with Gasteiger partial charge < -0.3 is 20.4 Å². The van der Waals surface area contributed by atoms with Gasteiger partial charge in [0.2, 0.25) is 15.9 Å². The van der Waals surface area contributed by atoms with Gasteiger partial charge in [0.05, 0.1) is 4.90 Å². The number of nitrogens with one attached hydrogen (secondary N) is 2. The minimum Gasteiger partial charge on any atom is -0.355 e. The molecule has 1 heterocycles. The van der Waals surface area contributed by atoms with Crippen molar-refractivity contribution in [3.8, 4) is 0 Å². The Balaban J connectivity index is 1.84. The summed E-state index contributed by atoms with van der Waals surface area (Å²) in [6.07, 6.45) is 1.18. The summed E-state index contributed by atoms with van der Waals surface area (Å²) in [6, 6.07) is 5.48. The second-order valence-electron chi connectivity index (χ2n) is 8.88. The summed E-state index contributed by atoms with van der Waals surface area (Å²) >= 11 is 0. The van der Waals surface area contributed by atoms with Gasteiger partial charge in [0.15, 0.2) is 0 Å². The van der Waals surface area contributed by atoms with Crippen LogP contribution < -0.4 is 15.8 Å². The number of carbonyl (C=O) groups excluding carboxylic acids is 2. The largest absolute Gasteiger partial charge is 0.355 e. The molecule has 30 heavy (non-hydrogen) atoms. The Bertz CT molecular complexity index is 862. The molecule has 0 atom stereocenters. The Hall–Kier alpha value is -2.17. The molecule has 0 radical (unpaired) electrons. The number of benzene rings is 1. The predicted molar refractivity (Wildman–Crippen MR) is 116 cm³/mol. The lowest BCUT2D eigenvalue weighted by molar-refractivity contribution is -0.126. The van der Waals surface area contributed by atoms with Gasteiger partial charge in [-0.3, -0.25) is 4.79 Å². The van der Waals surface area contributed by atoms with Crippen LogP contribution in [-0.2, 0) is 14.8 Å². The van der Waals surface area contributed by atoms with E-state index in [1.54, 1.807) is 11.0 Å². The van der Waals surface area contributed by atoms with E-state index in [4.69, 9.17) is 5.14 Å². The Labute approximate surface area is 179 Å². The Morgan fingerprint density at radius 3 is 2.43 bits per heavy atom. The van der Waals surface area contributed by atoms with Crippen LogP contribution in [0.1, 0.15) is 26.7 Å². The van der Waals surface area contributed by atoms with Crippen LogP contribution in [0, 0.1) is 11.3 Å². The number of sulfonamides is 1. The fraction of sp³-hybridized carbons (Fsp3) is 0.600. The molecule has 0 bridgehead atoms. The summed E-state index contributed by atoms with van der Waals surface area (Å²) in [5.41, 5.74) is 0.334. The van der Waals surface area contributed by atoms with Crippen LogP contribution in [0.25, 0.3) is 0 Å². The van der Waals surface area contributed by atoms with E-state index in [0.717, 1.165) is 6.54 Å². The van der Waals surface area contributed by atoms with Crippen LogP contribution in [0.15, 0.2) is 29.2 Å². The van der Waals surface area contributed by atoms with Crippen LogP contribution in [0.5, 0.6) is 0 Å². The molecule has 1 saturated heterocycles. The van der Waals surface area contributed by atoms with E-state index < -0.39 is 10.0 Å². The molecule has 9 nitrogen and oxygen atoms in total. The Morgan fingerprint density at radius 2 is 1.87 bits per heavy atom. The maximum absolute atomic E-state index is 12.5. The molecule has 168 valence electrons. The third kappa shape index (κ3) is 7.26. The first kappa shape index (κ1) is 24.1. The molecule has 1 fully saturated rings. The quantitative estimate of drug-likeness (QED) is 0.590. The maximum Gasteiger partial charge on any atom is 0.321 e. The van der Waals surface area contributed by atoms with Crippen molar-refractivity contribution >= 4 is 27.6 Å². The number of amides is 3. The molecule has 0 aromatic heterocycles. The number of carbonyl (C=O) groups is 2. The summed E-state index contributed by atoms with van der Waals surface area (Å²) in [6.45, 7) is 6.62. The van der Waals surface area contributed by atoms with Gasteiger partial charge in [-0.15, -0.1) is 0 Å². The minimum absolute atomic E-state index is 0.0225. The summed E-state index contributed by atoms with van der Waals surface area (Å²) in [4.78, 5) is 28.7. The zero-order chi connectivity index (χ0) is 22.5. The molecule has 1 aromatic rings. The van der Waals surface area contributed by atoms with Crippen molar-refractivity contribution in [2.45, 2.75) is 31.6 Å². The van der Waals surface area contributed by atoms with Gasteiger partial charge in [-0.2, -0.15) is 0 Å². The van der Waals surface area contributed by atoms with E-state index in [-0.39, 0.29) is 28.2 Å². The number of hydrogen-bond acceptors (Lipinski definition) is 5. The molecule has 4 N–H and O–H groups in total. The third-order valence-electron chi connectivity index (χ3n) is 5.05. The topological polar surface area (TPSA) is 125 Å². The van der Waals surface area contributed by atoms with E-state index in [2.05, 4.69) is 29.4 Å². The lowest BCUT2D eigenvalue weighted by Gasteiger charge is -2.33. The second-order valence-corrected chi connectivity index (χ2v) is 10.4. The van der Waals surface area contributed by atoms with Crippen LogP contribution in [0.4, 0.5) is 10.5 Å². The molecule has 2 rings (SSSR count). The SMILES string of the molecule is CN(C)CC(C)(C)CNC(=O)C1CCN(C(=O)Nc2cccc(S(N)(=O)=O)c2)CC1. The van der Waals surface area contributed by atoms with Crippen LogP contribution in [-0.4, -0.2) is 70.4 Å². The number of anilines is 1. The second kappa shape index (κ2) is 9.76. The van der Waals surface area contributed by atoms with Crippen molar-refractivity contribution in [1.29, 1.82) is 0 Å². The molecular formula is C20H33N5O4S. The van der Waals surface area contributed by atoms with Crippen molar-refractivity contribution in [2.24, 2.45) is 16.5 Å². The molecule has 0 saturated carbocycles. The fourth-order valence-electron chi connectivity index (χ4n) is 3.68. The van der Waals surface area contributed by atoms with E-state index in [0.29, 0.717) is 38.2 Å². The highest BCUT2D eigenvalue weighted by Gasteiger charge is 2.29. The van der Waals surface area contributed by atoms with E-state index in [9.17, 15) is 18.0 Å². The molecular weight excluding hydrogens is 406 g/mol. The predicted octanol–water partition coefficient (Wildman–Crippen LogP) is 1.28. The summed E-state index contributed by atoms with van der Waals surface area (Å²) < 4.78 is 22.9. The molecule has 0 aliphatic carbocycles. The number of primary sulfonamides is 1. The highest BCUT2D eigenvalue weighted by atomic mass is 32.2. The number of piperidine rings is 1. The minimum atomic E-state index is -3.84. The van der Waals surface area contributed by atoms with Crippen molar-refractivity contribution in [2.75, 3.05) is 45.6 Å². The Kier molecular flexibility index (Phi) is 7.84.